The van der Waals surface area contributed by atoms with Crippen LogP contribution in [0.2, 0.25) is 0 Å². The maximum Gasteiger partial charge on any atom is 0.276 e. The maximum absolute atomic E-state index is 13.0. The molecule has 0 fully saturated rings. The summed E-state index contributed by atoms with van der Waals surface area (Å²) in [6.45, 7) is 4.13. The Labute approximate surface area is 167 Å². The summed E-state index contributed by atoms with van der Waals surface area (Å²) in [6, 6.07) is 11.4. The van der Waals surface area contributed by atoms with Crippen LogP contribution in [-0.2, 0) is 4.79 Å². The molecular weight excluding hydrogens is 372 g/mol. The van der Waals surface area contributed by atoms with E-state index in [2.05, 4.69) is 12.2 Å². The molecule has 1 atom stereocenters. The van der Waals surface area contributed by atoms with Gasteiger partial charge in [0.15, 0.2) is 11.3 Å². The van der Waals surface area contributed by atoms with Crippen molar-refractivity contribution in [2.75, 3.05) is 5.75 Å². The van der Waals surface area contributed by atoms with Crippen LogP contribution in [0, 0.1) is 0 Å². The highest BCUT2D eigenvalue weighted by molar-refractivity contribution is 8.13. The number of carbonyl (C=O) groups excluding carboxylic acids is 1. The molecule has 1 aromatic carbocycles. The average molecular weight is 395 g/mol. The number of hydrazone groups is 1. The van der Waals surface area contributed by atoms with Crippen LogP contribution in [0.25, 0.3) is 11.8 Å². The molecule has 2 aliphatic heterocycles. The second-order valence-electron chi connectivity index (χ2n) is 6.68. The summed E-state index contributed by atoms with van der Waals surface area (Å²) in [4.78, 5) is 17.8. The molecule has 1 N–H and O–H groups in total. The number of unbranched alkanes of at least 4 members (excludes halogenated alkanes) is 1. The number of thioether (sulfide) groups is 1. The zero-order valence-electron chi connectivity index (χ0n) is 15.9. The molecule has 1 aromatic heterocycles. The first-order valence-electron chi connectivity index (χ1n) is 9.38. The van der Waals surface area contributed by atoms with Gasteiger partial charge in [-0.2, -0.15) is 0 Å². The van der Waals surface area contributed by atoms with Gasteiger partial charge in [-0.3, -0.25) is 15.1 Å². The van der Waals surface area contributed by atoms with Crippen LogP contribution in [0.15, 0.2) is 62.7 Å². The van der Waals surface area contributed by atoms with Crippen molar-refractivity contribution < 1.29 is 9.21 Å². The second kappa shape index (κ2) is 8.06. The van der Waals surface area contributed by atoms with E-state index < -0.39 is 6.17 Å². The third-order valence-electron chi connectivity index (χ3n) is 4.57. The van der Waals surface area contributed by atoms with Crippen molar-refractivity contribution in [3.8, 4) is 0 Å². The van der Waals surface area contributed by atoms with Crippen LogP contribution < -0.4 is 15.9 Å². The summed E-state index contributed by atoms with van der Waals surface area (Å²) in [5.74, 6) is 1.52. The number of fused-ring (bicyclic) bond motifs is 2. The Hall–Kier alpha value is -2.80. The lowest BCUT2D eigenvalue weighted by Crippen LogP contribution is -2.52. The van der Waals surface area contributed by atoms with Gasteiger partial charge in [-0.15, -0.1) is 5.10 Å². The summed E-state index contributed by atoms with van der Waals surface area (Å²) in [7, 11) is 0. The van der Waals surface area contributed by atoms with Crippen LogP contribution in [0.1, 0.15) is 32.4 Å². The Balaban J connectivity index is 1.79. The fraction of sp³-hybridized carbons (Fsp3) is 0.286. The van der Waals surface area contributed by atoms with E-state index in [1.54, 1.807) is 23.0 Å². The number of nitrogens with zero attached hydrogens (tertiary/aromatic N) is 3. The van der Waals surface area contributed by atoms with E-state index in [0.29, 0.717) is 10.9 Å². The topological polar surface area (TPSA) is 70.2 Å². The van der Waals surface area contributed by atoms with Crippen molar-refractivity contribution in [2.24, 2.45) is 10.1 Å². The summed E-state index contributed by atoms with van der Waals surface area (Å²) in [5, 5.41) is 11.6. The van der Waals surface area contributed by atoms with E-state index in [4.69, 9.17) is 14.5 Å². The Morgan fingerprint density at radius 1 is 1.32 bits per heavy atom. The molecule has 4 rings (SSSR count). The monoisotopic (exact) mass is 394 g/mol. The van der Waals surface area contributed by atoms with E-state index in [1.807, 2.05) is 49.4 Å². The molecule has 0 bridgehead atoms. The number of nitrogens with one attached hydrogen (secondary N) is 1. The minimum atomic E-state index is -0.400. The first kappa shape index (κ1) is 18.6. The second-order valence-corrected chi connectivity index (χ2v) is 7.76. The largest absolute Gasteiger partial charge is 0.465 e. The van der Waals surface area contributed by atoms with Gasteiger partial charge in [-0.1, -0.05) is 43.3 Å². The Morgan fingerprint density at radius 3 is 2.96 bits per heavy atom. The van der Waals surface area contributed by atoms with Gasteiger partial charge in [0, 0.05) is 11.0 Å². The van der Waals surface area contributed by atoms with Crippen LogP contribution in [0.3, 0.4) is 0 Å². The lowest BCUT2D eigenvalue weighted by atomic mass is 10.1. The molecular formula is C21H22N4O2S. The average Bonchev–Trinajstić information content (AvgIpc) is 3.20. The highest BCUT2D eigenvalue weighted by Crippen LogP contribution is 2.25. The van der Waals surface area contributed by atoms with E-state index in [1.165, 1.54) is 0 Å². The van der Waals surface area contributed by atoms with E-state index in [9.17, 15) is 4.79 Å². The molecule has 2 aromatic rings. The quantitative estimate of drug-likeness (QED) is 0.792. The SMILES string of the molecule is CCCCSC1=NN2C(=c3ccccc3=NC2/C(C)=C/c2ccco2)C(=O)N1. The van der Waals surface area contributed by atoms with Crippen molar-refractivity contribution in [1.82, 2.24) is 10.3 Å². The Bertz CT molecular complexity index is 1060. The smallest absolute Gasteiger partial charge is 0.276 e. The molecule has 0 saturated carbocycles. The molecule has 0 spiro atoms. The maximum atomic E-state index is 13.0. The standard InChI is InChI=1S/C21H22N4O2S/c1-3-4-12-28-21-23-20(26)18-16-9-5-6-10-17(16)22-19(25(18)24-21)14(2)13-15-8-7-11-27-15/h5-11,13,19H,3-4,12H2,1-2H3,(H,23,24,26)/b14-13+. The third kappa shape index (κ3) is 3.62. The first-order chi connectivity index (χ1) is 13.7. The van der Waals surface area contributed by atoms with Crippen molar-refractivity contribution in [2.45, 2.75) is 32.9 Å². The van der Waals surface area contributed by atoms with Gasteiger partial charge < -0.3 is 4.42 Å². The minimum absolute atomic E-state index is 0.146. The summed E-state index contributed by atoms with van der Waals surface area (Å²) in [5.41, 5.74) is 1.47. The highest BCUT2D eigenvalue weighted by atomic mass is 32.2. The predicted octanol–water partition coefficient (Wildman–Crippen LogP) is 2.69. The van der Waals surface area contributed by atoms with Gasteiger partial charge in [0.1, 0.15) is 11.5 Å². The fourth-order valence-electron chi connectivity index (χ4n) is 3.17. The predicted molar refractivity (Wildman–Crippen MR) is 112 cm³/mol. The molecule has 3 heterocycles. The molecule has 144 valence electrons. The number of para-hydroxylation sites is 1. The third-order valence-corrected chi connectivity index (χ3v) is 5.52. The number of furan rings is 1. The number of rotatable bonds is 5. The molecule has 1 unspecified atom stereocenters. The normalized spacial score (nSPS) is 18.8. The van der Waals surface area contributed by atoms with E-state index >= 15 is 0 Å². The number of amidine groups is 1. The lowest BCUT2D eigenvalue weighted by Gasteiger charge is -2.34. The first-order valence-corrected chi connectivity index (χ1v) is 10.4. The van der Waals surface area contributed by atoms with Gasteiger partial charge in [-0.05, 0) is 43.2 Å². The Morgan fingerprint density at radius 2 is 2.18 bits per heavy atom. The molecule has 6 nitrogen and oxygen atoms in total. The van der Waals surface area contributed by atoms with E-state index in [-0.39, 0.29) is 5.91 Å². The number of hydrogen-bond donors (Lipinski definition) is 1. The van der Waals surface area contributed by atoms with Gasteiger partial charge >= 0.3 is 0 Å². The van der Waals surface area contributed by atoms with E-state index in [0.717, 1.165) is 40.5 Å². The van der Waals surface area contributed by atoms with Crippen molar-refractivity contribution in [3.63, 3.8) is 0 Å². The molecule has 7 heteroatoms. The summed E-state index contributed by atoms with van der Waals surface area (Å²) >= 11 is 1.57. The molecule has 1 amide bonds. The molecule has 0 aliphatic carbocycles. The van der Waals surface area contributed by atoms with Gasteiger partial charge in [0.2, 0.25) is 0 Å². The highest BCUT2D eigenvalue weighted by Gasteiger charge is 2.34. The zero-order chi connectivity index (χ0) is 19.5. The van der Waals surface area contributed by atoms with Crippen LogP contribution in [-0.4, -0.2) is 28.0 Å². The zero-order valence-corrected chi connectivity index (χ0v) is 16.7. The van der Waals surface area contributed by atoms with Crippen molar-refractivity contribution in [3.05, 3.63) is 64.6 Å². The van der Waals surface area contributed by atoms with Gasteiger partial charge in [0.25, 0.3) is 5.91 Å². The molecule has 0 radical (unpaired) electrons. The minimum Gasteiger partial charge on any atom is -0.465 e. The van der Waals surface area contributed by atoms with Crippen molar-refractivity contribution >= 4 is 34.6 Å². The summed E-state index contributed by atoms with van der Waals surface area (Å²) in [6.07, 6.45) is 5.35. The van der Waals surface area contributed by atoms with Crippen LogP contribution in [0.4, 0.5) is 0 Å². The molecule has 2 aliphatic rings. The summed E-state index contributed by atoms with van der Waals surface area (Å²) < 4.78 is 5.45. The van der Waals surface area contributed by atoms with Gasteiger partial charge in [0.05, 0.1) is 11.6 Å². The van der Waals surface area contributed by atoms with Crippen LogP contribution >= 0.6 is 11.8 Å². The van der Waals surface area contributed by atoms with Crippen molar-refractivity contribution in [1.29, 1.82) is 0 Å². The Kier molecular flexibility index (Phi) is 5.34. The molecule has 0 saturated heterocycles. The number of amides is 1. The number of carbonyl (C=O) groups is 1. The van der Waals surface area contributed by atoms with Gasteiger partial charge in [-0.25, -0.2) is 5.01 Å². The number of benzene rings is 1. The molecule has 28 heavy (non-hydrogen) atoms. The van der Waals surface area contributed by atoms with Crippen LogP contribution in [0.5, 0.6) is 0 Å². The lowest BCUT2D eigenvalue weighted by molar-refractivity contribution is -0.116. The number of hydrogen-bond acceptors (Lipinski definition) is 6. The fourth-order valence-corrected chi connectivity index (χ4v) is 4.11.